The topological polar surface area (TPSA) is 53.1 Å². The molecule has 2 N–H and O–H groups in total. The van der Waals surface area contributed by atoms with Gasteiger partial charge in [-0.2, -0.15) is 0 Å². The van der Waals surface area contributed by atoms with Crippen molar-refractivity contribution in [3.8, 4) is 0 Å². The molecule has 84 valence electrons. The lowest BCUT2D eigenvalue weighted by Crippen LogP contribution is -2.10. The van der Waals surface area contributed by atoms with Gasteiger partial charge in [-0.15, -0.1) is 11.8 Å². The minimum atomic E-state index is -0.784. The van der Waals surface area contributed by atoms with Crippen LogP contribution in [-0.4, -0.2) is 21.3 Å². The Bertz CT molecular complexity index is 533. The standard InChI is InChI=1S/C12H13NO2S/c1-7-4-3-5-9-11(7)10(6-13-9)16-8(2)12(14)15/h3-6,8,13H,1-2H3,(H,14,15). The summed E-state index contributed by atoms with van der Waals surface area (Å²) < 4.78 is 0. The molecule has 0 aliphatic rings. The molecule has 3 nitrogen and oxygen atoms in total. The van der Waals surface area contributed by atoms with Crippen molar-refractivity contribution in [1.29, 1.82) is 0 Å². The molecule has 0 saturated heterocycles. The van der Waals surface area contributed by atoms with Gasteiger partial charge in [0.25, 0.3) is 0 Å². The van der Waals surface area contributed by atoms with Gasteiger partial charge in [0.1, 0.15) is 5.25 Å². The van der Waals surface area contributed by atoms with E-state index >= 15 is 0 Å². The molecule has 0 aliphatic carbocycles. The summed E-state index contributed by atoms with van der Waals surface area (Å²) >= 11 is 1.37. The van der Waals surface area contributed by atoms with Gasteiger partial charge >= 0.3 is 5.97 Å². The van der Waals surface area contributed by atoms with Crippen molar-refractivity contribution in [3.63, 3.8) is 0 Å². The maximum Gasteiger partial charge on any atom is 0.316 e. The van der Waals surface area contributed by atoms with Crippen molar-refractivity contribution >= 4 is 28.6 Å². The number of rotatable bonds is 3. The molecule has 0 amide bonds. The molecule has 2 aromatic rings. The van der Waals surface area contributed by atoms with Crippen LogP contribution in [-0.2, 0) is 4.79 Å². The minimum absolute atomic E-state index is 0.432. The van der Waals surface area contributed by atoms with E-state index in [1.54, 1.807) is 6.92 Å². The second kappa shape index (κ2) is 4.22. The number of fused-ring (bicyclic) bond motifs is 1. The van der Waals surface area contributed by atoms with E-state index in [2.05, 4.69) is 4.98 Å². The SMILES string of the molecule is Cc1cccc2[nH]cc(SC(C)C(=O)O)c12. The van der Waals surface area contributed by atoms with Crippen LogP contribution in [0.3, 0.4) is 0 Å². The zero-order valence-corrected chi connectivity index (χ0v) is 9.97. The maximum atomic E-state index is 10.8. The molecule has 4 heteroatoms. The number of carboxylic acids is 1. The molecule has 0 radical (unpaired) electrons. The number of hydrogen-bond acceptors (Lipinski definition) is 2. The highest BCUT2D eigenvalue weighted by molar-refractivity contribution is 8.00. The summed E-state index contributed by atoms with van der Waals surface area (Å²) in [6.45, 7) is 3.73. The van der Waals surface area contributed by atoms with E-state index in [9.17, 15) is 4.79 Å². The van der Waals surface area contributed by atoms with Gasteiger partial charge in [-0.25, -0.2) is 0 Å². The van der Waals surface area contributed by atoms with Gasteiger partial charge in [0.05, 0.1) is 0 Å². The van der Waals surface area contributed by atoms with E-state index in [0.29, 0.717) is 0 Å². The number of aryl methyl sites for hydroxylation is 1. The summed E-state index contributed by atoms with van der Waals surface area (Å²) in [5, 5.41) is 9.58. The quantitative estimate of drug-likeness (QED) is 0.804. The Morgan fingerprint density at radius 3 is 2.94 bits per heavy atom. The van der Waals surface area contributed by atoms with E-state index in [-0.39, 0.29) is 0 Å². The smallest absolute Gasteiger partial charge is 0.316 e. The van der Waals surface area contributed by atoms with E-state index in [1.165, 1.54) is 17.3 Å². The van der Waals surface area contributed by atoms with Crippen LogP contribution in [0.25, 0.3) is 10.9 Å². The number of aliphatic carboxylic acids is 1. The summed E-state index contributed by atoms with van der Waals surface area (Å²) in [4.78, 5) is 15.0. The summed E-state index contributed by atoms with van der Waals surface area (Å²) in [5.41, 5.74) is 2.22. The number of thioether (sulfide) groups is 1. The highest BCUT2D eigenvalue weighted by Crippen LogP contribution is 2.32. The lowest BCUT2D eigenvalue weighted by atomic mass is 10.1. The van der Waals surface area contributed by atoms with E-state index in [1.807, 2.05) is 31.3 Å². The zero-order chi connectivity index (χ0) is 11.7. The molecule has 1 aromatic heterocycles. The average Bonchev–Trinajstić information content (AvgIpc) is 2.63. The van der Waals surface area contributed by atoms with E-state index < -0.39 is 11.2 Å². The molecule has 0 aliphatic heterocycles. The number of benzene rings is 1. The lowest BCUT2D eigenvalue weighted by molar-refractivity contribution is -0.136. The molecule has 0 fully saturated rings. The first-order chi connectivity index (χ1) is 7.59. The first-order valence-electron chi connectivity index (χ1n) is 5.05. The lowest BCUT2D eigenvalue weighted by Gasteiger charge is -2.05. The van der Waals surface area contributed by atoms with Gasteiger partial charge in [0.15, 0.2) is 0 Å². The monoisotopic (exact) mass is 235 g/mol. The minimum Gasteiger partial charge on any atom is -0.480 e. The van der Waals surface area contributed by atoms with Crippen molar-refractivity contribution in [3.05, 3.63) is 30.0 Å². The molecule has 16 heavy (non-hydrogen) atoms. The fourth-order valence-electron chi connectivity index (χ4n) is 1.66. The van der Waals surface area contributed by atoms with Gasteiger partial charge < -0.3 is 10.1 Å². The van der Waals surface area contributed by atoms with Gasteiger partial charge in [0, 0.05) is 22.0 Å². The van der Waals surface area contributed by atoms with Gasteiger partial charge in [-0.3, -0.25) is 4.79 Å². The molecule has 0 saturated carbocycles. The first-order valence-corrected chi connectivity index (χ1v) is 5.93. The number of nitrogens with one attached hydrogen (secondary N) is 1. The van der Waals surface area contributed by atoms with Crippen LogP contribution in [0, 0.1) is 6.92 Å². The molecule has 0 bridgehead atoms. The van der Waals surface area contributed by atoms with Crippen LogP contribution in [0.5, 0.6) is 0 Å². The predicted octanol–water partition coefficient (Wildman–Crippen LogP) is 3.04. The predicted molar refractivity (Wildman–Crippen MR) is 66.0 cm³/mol. The Labute approximate surface area is 97.9 Å². The van der Waals surface area contributed by atoms with Gasteiger partial charge in [-0.1, -0.05) is 12.1 Å². The Kier molecular flexibility index (Phi) is 2.92. The number of carbonyl (C=O) groups is 1. The molecule has 1 atom stereocenters. The fourth-order valence-corrected chi connectivity index (χ4v) is 2.66. The summed E-state index contributed by atoms with van der Waals surface area (Å²) in [7, 11) is 0. The molecular weight excluding hydrogens is 222 g/mol. The van der Waals surface area contributed by atoms with Crippen LogP contribution in [0.4, 0.5) is 0 Å². The second-order valence-corrected chi connectivity index (χ2v) is 5.13. The summed E-state index contributed by atoms with van der Waals surface area (Å²) in [6.07, 6.45) is 1.88. The molecule has 1 aromatic carbocycles. The van der Waals surface area contributed by atoms with Crippen LogP contribution >= 0.6 is 11.8 Å². The van der Waals surface area contributed by atoms with E-state index in [4.69, 9.17) is 5.11 Å². The van der Waals surface area contributed by atoms with Gasteiger partial charge in [-0.05, 0) is 25.5 Å². The van der Waals surface area contributed by atoms with Crippen molar-refractivity contribution < 1.29 is 9.90 Å². The number of carboxylic acid groups (broad SMARTS) is 1. The molecule has 1 heterocycles. The molecular formula is C12H13NO2S. The third-order valence-corrected chi connectivity index (χ3v) is 3.66. The number of aromatic amines is 1. The number of H-pyrrole nitrogens is 1. The Balaban J connectivity index is 2.42. The molecule has 1 unspecified atom stereocenters. The average molecular weight is 235 g/mol. The normalized spacial score (nSPS) is 12.9. The Morgan fingerprint density at radius 1 is 1.50 bits per heavy atom. The summed E-state index contributed by atoms with van der Waals surface area (Å²) in [5.74, 6) is -0.784. The largest absolute Gasteiger partial charge is 0.480 e. The highest BCUT2D eigenvalue weighted by Gasteiger charge is 2.15. The fraction of sp³-hybridized carbons (Fsp3) is 0.250. The second-order valence-electron chi connectivity index (χ2n) is 3.75. The van der Waals surface area contributed by atoms with Gasteiger partial charge in [0.2, 0.25) is 0 Å². The Morgan fingerprint density at radius 2 is 2.25 bits per heavy atom. The van der Waals surface area contributed by atoms with Crippen molar-refractivity contribution in [2.75, 3.05) is 0 Å². The van der Waals surface area contributed by atoms with Crippen LogP contribution in [0.2, 0.25) is 0 Å². The first kappa shape index (κ1) is 11.1. The molecule has 0 spiro atoms. The van der Waals surface area contributed by atoms with Crippen molar-refractivity contribution in [2.45, 2.75) is 24.0 Å². The molecule has 2 rings (SSSR count). The number of aromatic nitrogens is 1. The third kappa shape index (κ3) is 1.93. The van der Waals surface area contributed by atoms with Crippen molar-refractivity contribution in [2.24, 2.45) is 0 Å². The highest BCUT2D eigenvalue weighted by atomic mass is 32.2. The Hall–Kier alpha value is -1.42. The maximum absolute atomic E-state index is 10.8. The van der Waals surface area contributed by atoms with Crippen molar-refractivity contribution in [1.82, 2.24) is 4.98 Å². The number of hydrogen-bond donors (Lipinski definition) is 2. The van der Waals surface area contributed by atoms with Crippen LogP contribution in [0.1, 0.15) is 12.5 Å². The third-order valence-electron chi connectivity index (χ3n) is 2.53. The van der Waals surface area contributed by atoms with Crippen LogP contribution < -0.4 is 0 Å². The van der Waals surface area contributed by atoms with Crippen LogP contribution in [0.15, 0.2) is 29.3 Å². The summed E-state index contributed by atoms with van der Waals surface area (Å²) in [6, 6.07) is 6.02. The van der Waals surface area contributed by atoms with E-state index in [0.717, 1.165) is 15.8 Å². The zero-order valence-electron chi connectivity index (χ0n) is 9.15.